The molecule has 1 aromatic rings. The zero-order valence-corrected chi connectivity index (χ0v) is 9.89. The monoisotopic (exact) mass is 244 g/mol. The number of benzene rings is 1. The molecule has 0 unspecified atom stereocenters. The Bertz CT molecular complexity index is 447. The lowest BCUT2D eigenvalue weighted by Gasteiger charge is -2.09. The van der Waals surface area contributed by atoms with Crippen molar-refractivity contribution in [3.63, 3.8) is 0 Å². The molecule has 0 amide bonds. The highest BCUT2D eigenvalue weighted by Crippen LogP contribution is 2.34. The minimum absolute atomic E-state index is 0.216. The fourth-order valence-electron chi connectivity index (χ4n) is 2.18. The molecule has 2 nitrogen and oxygen atoms in total. The van der Waals surface area contributed by atoms with Crippen molar-refractivity contribution in [3.05, 3.63) is 29.8 Å². The summed E-state index contributed by atoms with van der Waals surface area (Å²) in [6, 6.07) is 7.00. The molecular weight excluding hydrogens is 232 g/mol. The van der Waals surface area contributed by atoms with Gasteiger partial charge in [0.15, 0.2) is 0 Å². The van der Waals surface area contributed by atoms with E-state index in [4.69, 9.17) is 10.7 Å². The lowest BCUT2D eigenvalue weighted by Crippen LogP contribution is -1.96. The Morgan fingerprint density at radius 3 is 2.47 bits per heavy atom. The lowest BCUT2D eigenvalue weighted by atomic mass is 9.98. The maximum atomic E-state index is 11.2. The first-order valence-electron chi connectivity index (χ1n) is 5.12. The van der Waals surface area contributed by atoms with Crippen LogP contribution in [0.25, 0.3) is 0 Å². The summed E-state index contributed by atoms with van der Waals surface area (Å²) in [5, 5.41) is 0. The Kier molecular flexibility index (Phi) is 3.03. The largest absolute Gasteiger partial charge is 0.261 e. The van der Waals surface area contributed by atoms with Crippen molar-refractivity contribution in [1.29, 1.82) is 0 Å². The van der Waals surface area contributed by atoms with Gasteiger partial charge in [-0.25, -0.2) is 8.42 Å². The first-order valence-corrected chi connectivity index (χ1v) is 7.43. The molecule has 0 radical (unpaired) electrons. The number of hydrogen-bond acceptors (Lipinski definition) is 2. The van der Waals surface area contributed by atoms with Gasteiger partial charge in [0.1, 0.15) is 0 Å². The van der Waals surface area contributed by atoms with Crippen molar-refractivity contribution in [2.24, 2.45) is 0 Å². The third-order valence-electron chi connectivity index (χ3n) is 2.97. The standard InChI is InChI=1S/C11H13ClO2S/c12-15(13,14)11-7-3-6-10(8-11)9-4-1-2-5-9/h3,6-9H,1-2,4-5H2. The van der Waals surface area contributed by atoms with Crippen LogP contribution in [0.4, 0.5) is 0 Å². The molecule has 0 atom stereocenters. The van der Waals surface area contributed by atoms with Crippen LogP contribution >= 0.6 is 10.7 Å². The molecule has 0 saturated heterocycles. The van der Waals surface area contributed by atoms with E-state index in [0.717, 1.165) is 18.4 Å². The van der Waals surface area contributed by atoms with Gasteiger partial charge in [0.25, 0.3) is 9.05 Å². The molecule has 1 aromatic carbocycles. The molecule has 0 spiro atoms. The van der Waals surface area contributed by atoms with E-state index in [9.17, 15) is 8.42 Å². The van der Waals surface area contributed by atoms with Gasteiger partial charge in [0, 0.05) is 10.7 Å². The fourth-order valence-corrected chi connectivity index (χ4v) is 2.99. The Balaban J connectivity index is 2.34. The Morgan fingerprint density at radius 1 is 1.20 bits per heavy atom. The molecule has 0 heterocycles. The van der Waals surface area contributed by atoms with Crippen LogP contribution in [0.1, 0.15) is 37.2 Å². The topological polar surface area (TPSA) is 34.1 Å². The van der Waals surface area contributed by atoms with Gasteiger partial charge in [-0.15, -0.1) is 0 Å². The summed E-state index contributed by atoms with van der Waals surface area (Å²) >= 11 is 0. The van der Waals surface area contributed by atoms with Crippen LogP contribution < -0.4 is 0 Å². The van der Waals surface area contributed by atoms with Crippen molar-refractivity contribution in [3.8, 4) is 0 Å². The van der Waals surface area contributed by atoms with Gasteiger partial charge >= 0.3 is 0 Å². The minimum atomic E-state index is -3.58. The van der Waals surface area contributed by atoms with E-state index in [1.165, 1.54) is 12.8 Å². The van der Waals surface area contributed by atoms with Crippen molar-refractivity contribution in [1.82, 2.24) is 0 Å². The van der Waals surface area contributed by atoms with Crippen molar-refractivity contribution < 1.29 is 8.42 Å². The summed E-state index contributed by atoms with van der Waals surface area (Å²) in [6.07, 6.45) is 4.79. The third kappa shape index (κ3) is 2.52. The number of halogens is 1. The van der Waals surface area contributed by atoms with Gasteiger partial charge < -0.3 is 0 Å². The van der Waals surface area contributed by atoms with Gasteiger partial charge in [-0.1, -0.05) is 25.0 Å². The summed E-state index contributed by atoms with van der Waals surface area (Å²) < 4.78 is 22.3. The van der Waals surface area contributed by atoms with Gasteiger partial charge in [0.05, 0.1) is 4.90 Å². The van der Waals surface area contributed by atoms with Gasteiger partial charge in [0.2, 0.25) is 0 Å². The molecule has 0 aliphatic heterocycles. The summed E-state index contributed by atoms with van der Waals surface area (Å²) in [7, 11) is 1.73. The molecule has 1 aliphatic carbocycles. The van der Waals surface area contributed by atoms with Crippen LogP contribution in [0.3, 0.4) is 0 Å². The quantitative estimate of drug-likeness (QED) is 0.749. The summed E-state index contributed by atoms with van der Waals surface area (Å²) in [5.41, 5.74) is 1.11. The molecule has 82 valence electrons. The third-order valence-corrected chi connectivity index (χ3v) is 4.32. The normalized spacial score (nSPS) is 18.2. The van der Waals surface area contributed by atoms with E-state index < -0.39 is 9.05 Å². The van der Waals surface area contributed by atoms with E-state index in [2.05, 4.69) is 0 Å². The smallest absolute Gasteiger partial charge is 0.207 e. The molecule has 2 rings (SSSR count). The van der Waals surface area contributed by atoms with Crippen LogP contribution in [0.5, 0.6) is 0 Å². The van der Waals surface area contributed by atoms with Gasteiger partial charge in [-0.3, -0.25) is 0 Å². The first-order chi connectivity index (χ1) is 7.07. The average molecular weight is 245 g/mol. The van der Waals surface area contributed by atoms with Gasteiger partial charge in [-0.2, -0.15) is 0 Å². The molecule has 1 aliphatic rings. The van der Waals surface area contributed by atoms with Gasteiger partial charge in [-0.05, 0) is 36.5 Å². The van der Waals surface area contributed by atoms with Crippen molar-refractivity contribution >= 4 is 19.7 Å². The molecule has 1 fully saturated rings. The second-order valence-electron chi connectivity index (χ2n) is 3.99. The molecule has 0 N–H and O–H groups in total. The lowest BCUT2D eigenvalue weighted by molar-refractivity contribution is 0.609. The van der Waals surface area contributed by atoms with E-state index in [0.29, 0.717) is 5.92 Å². The van der Waals surface area contributed by atoms with Crippen molar-refractivity contribution in [2.75, 3.05) is 0 Å². The van der Waals surface area contributed by atoms with E-state index in [1.54, 1.807) is 18.2 Å². The second kappa shape index (κ2) is 4.14. The van der Waals surface area contributed by atoms with Crippen LogP contribution in [-0.2, 0) is 9.05 Å². The number of rotatable bonds is 2. The molecule has 15 heavy (non-hydrogen) atoms. The van der Waals surface area contributed by atoms with Crippen molar-refractivity contribution in [2.45, 2.75) is 36.5 Å². The number of hydrogen-bond donors (Lipinski definition) is 0. The molecule has 0 bridgehead atoms. The molecule has 0 aromatic heterocycles. The highest BCUT2D eigenvalue weighted by atomic mass is 35.7. The zero-order valence-electron chi connectivity index (χ0n) is 8.32. The van der Waals surface area contributed by atoms with E-state index in [-0.39, 0.29) is 4.90 Å². The van der Waals surface area contributed by atoms with Crippen LogP contribution in [-0.4, -0.2) is 8.42 Å². The Labute approximate surface area is 94.7 Å². The molecular formula is C11H13ClO2S. The predicted molar refractivity (Wildman–Crippen MR) is 60.7 cm³/mol. The van der Waals surface area contributed by atoms with Crippen LogP contribution in [0.2, 0.25) is 0 Å². The van der Waals surface area contributed by atoms with E-state index >= 15 is 0 Å². The molecule has 1 saturated carbocycles. The van der Waals surface area contributed by atoms with Crippen LogP contribution in [0, 0.1) is 0 Å². The second-order valence-corrected chi connectivity index (χ2v) is 6.56. The summed E-state index contributed by atoms with van der Waals surface area (Å²) in [6.45, 7) is 0. The first kappa shape index (κ1) is 11.0. The maximum Gasteiger partial charge on any atom is 0.261 e. The van der Waals surface area contributed by atoms with Crippen LogP contribution in [0.15, 0.2) is 29.2 Å². The highest BCUT2D eigenvalue weighted by Gasteiger charge is 2.19. The SMILES string of the molecule is O=S(=O)(Cl)c1cccc(C2CCCC2)c1. The van der Waals surface area contributed by atoms with E-state index in [1.807, 2.05) is 6.07 Å². The maximum absolute atomic E-state index is 11.2. The zero-order chi connectivity index (χ0) is 10.9. The summed E-state index contributed by atoms with van der Waals surface area (Å²) in [5.74, 6) is 0.517. The Morgan fingerprint density at radius 2 is 1.87 bits per heavy atom. The summed E-state index contributed by atoms with van der Waals surface area (Å²) in [4.78, 5) is 0.216. The predicted octanol–water partition coefficient (Wildman–Crippen LogP) is 3.27. The Hall–Kier alpha value is -0.540. The average Bonchev–Trinajstić information content (AvgIpc) is 2.69. The molecule has 4 heteroatoms. The minimum Gasteiger partial charge on any atom is -0.207 e. The fraction of sp³-hybridized carbons (Fsp3) is 0.455. The highest BCUT2D eigenvalue weighted by molar-refractivity contribution is 8.13.